The quantitative estimate of drug-likeness (QED) is 0.421. The molecule has 1 N–H and O–H groups in total. The highest BCUT2D eigenvalue weighted by Crippen LogP contribution is 2.18. The average molecular weight is 403 g/mol. The zero-order valence-electron chi connectivity index (χ0n) is 17.0. The molecule has 0 fully saturated rings. The Morgan fingerprint density at radius 1 is 1.10 bits per heavy atom. The second-order valence-corrected chi connectivity index (χ2v) is 7.17. The zero-order valence-corrected chi connectivity index (χ0v) is 17.0. The van der Waals surface area contributed by atoms with Gasteiger partial charge in [0.05, 0.1) is 23.9 Å². The van der Waals surface area contributed by atoms with Crippen molar-refractivity contribution >= 4 is 16.9 Å². The monoisotopic (exact) mass is 403 g/mol. The van der Waals surface area contributed by atoms with Crippen molar-refractivity contribution < 1.29 is 13.9 Å². The lowest BCUT2D eigenvalue weighted by Gasteiger charge is -2.11. The molecule has 0 atom stereocenters. The minimum atomic E-state index is -0.214. The van der Waals surface area contributed by atoms with E-state index in [2.05, 4.69) is 22.9 Å². The van der Waals surface area contributed by atoms with Gasteiger partial charge in [0.1, 0.15) is 11.6 Å². The highest BCUT2D eigenvalue weighted by atomic mass is 16.5. The number of aryl methyl sites for hydroxylation is 2. The Hall–Kier alpha value is -3.54. The summed E-state index contributed by atoms with van der Waals surface area (Å²) in [5.74, 6) is 1.94. The molecule has 2 aromatic carbocycles. The summed E-state index contributed by atoms with van der Waals surface area (Å²) in [5, 5.41) is 2.89. The van der Waals surface area contributed by atoms with Gasteiger partial charge in [-0.2, -0.15) is 0 Å². The van der Waals surface area contributed by atoms with Gasteiger partial charge in [-0.05, 0) is 49.7 Å². The van der Waals surface area contributed by atoms with Crippen molar-refractivity contribution in [1.82, 2.24) is 14.9 Å². The predicted molar refractivity (Wildman–Crippen MR) is 116 cm³/mol. The second kappa shape index (κ2) is 9.31. The number of aromatic nitrogens is 2. The molecule has 0 aliphatic carbocycles. The van der Waals surface area contributed by atoms with Crippen LogP contribution in [0.4, 0.5) is 0 Å². The number of fused-ring (bicyclic) bond motifs is 1. The molecule has 0 radical (unpaired) electrons. The molecule has 154 valence electrons. The van der Waals surface area contributed by atoms with E-state index >= 15 is 0 Å². The van der Waals surface area contributed by atoms with Crippen molar-refractivity contribution in [1.29, 1.82) is 0 Å². The number of hydrogen-bond donors (Lipinski definition) is 1. The number of para-hydroxylation sites is 2. The fraction of sp³-hybridized carbons (Fsp3) is 0.250. The molecular formula is C24H25N3O3. The standard InChI is InChI=1S/C24H25N3O3/c1-18-9-11-19(12-10-18)29-17-5-15-27-21-7-3-2-6-20(21)26-23(27)13-14-25-24(28)22-8-4-16-30-22/h2-4,6-12,16H,5,13-15,17H2,1H3,(H,25,28). The van der Waals surface area contributed by atoms with E-state index in [-0.39, 0.29) is 5.91 Å². The smallest absolute Gasteiger partial charge is 0.286 e. The fourth-order valence-electron chi connectivity index (χ4n) is 3.40. The van der Waals surface area contributed by atoms with E-state index in [0.717, 1.165) is 35.6 Å². The first kappa shape index (κ1) is 19.8. The Labute approximate surface area is 175 Å². The minimum absolute atomic E-state index is 0.214. The van der Waals surface area contributed by atoms with Crippen molar-refractivity contribution in [3.63, 3.8) is 0 Å². The molecule has 0 spiro atoms. The van der Waals surface area contributed by atoms with Gasteiger partial charge in [-0.1, -0.05) is 29.8 Å². The normalized spacial score (nSPS) is 11.0. The van der Waals surface area contributed by atoms with Crippen LogP contribution in [0.5, 0.6) is 5.75 Å². The minimum Gasteiger partial charge on any atom is -0.494 e. The van der Waals surface area contributed by atoms with Crippen molar-refractivity contribution in [2.45, 2.75) is 26.3 Å². The first-order chi connectivity index (χ1) is 14.7. The number of benzene rings is 2. The molecule has 0 bridgehead atoms. The number of furan rings is 1. The van der Waals surface area contributed by atoms with Crippen LogP contribution < -0.4 is 10.1 Å². The number of nitrogens with zero attached hydrogens (tertiary/aromatic N) is 2. The molecule has 4 rings (SSSR count). The molecule has 6 heteroatoms. The fourth-order valence-corrected chi connectivity index (χ4v) is 3.40. The third-order valence-electron chi connectivity index (χ3n) is 4.93. The van der Waals surface area contributed by atoms with E-state index in [1.54, 1.807) is 12.1 Å². The van der Waals surface area contributed by atoms with E-state index in [1.807, 2.05) is 42.5 Å². The lowest BCUT2D eigenvalue weighted by atomic mass is 10.2. The first-order valence-corrected chi connectivity index (χ1v) is 10.2. The van der Waals surface area contributed by atoms with Gasteiger partial charge in [0.2, 0.25) is 0 Å². The summed E-state index contributed by atoms with van der Waals surface area (Å²) in [6.07, 6.45) is 2.99. The number of imidazole rings is 1. The van der Waals surface area contributed by atoms with Crippen LogP contribution in [0.15, 0.2) is 71.3 Å². The van der Waals surface area contributed by atoms with E-state index in [4.69, 9.17) is 14.1 Å². The Kier molecular flexibility index (Phi) is 6.13. The molecule has 0 saturated carbocycles. The topological polar surface area (TPSA) is 69.3 Å². The van der Waals surface area contributed by atoms with Gasteiger partial charge in [0, 0.05) is 19.5 Å². The van der Waals surface area contributed by atoms with Crippen LogP contribution in [0.25, 0.3) is 11.0 Å². The summed E-state index contributed by atoms with van der Waals surface area (Å²) in [7, 11) is 0. The van der Waals surface area contributed by atoms with E-state index in [1.165, 1.54) is 11.8 Å². The summed E-state index contributed by atoms with van der Waals surface area (Å²) in [6, 6.07) is 19.5. The van der Waals surface area contributed by atoms with Crippen molar-refractivity contribution in [2.24, 2.45) is 0 Å². The van der Waals surface area contributed by atoms with Crippen LogP contribution in [0.1, 0.15) is 28.4 Å². The Bertz CT molecular complexity index is 1100. The molecule has 4 aromatic rings. The van der Waals surface area contributed by atoms with Crippen LogP contribution >= 0.6 is 0 Å². The summed E-state index contributed by atoms with van der Waals surface area (Å²) in [4.78, 5) is 16.8. The Balaban J connectivity index is 1.37. The summed E-state index contributed by atoms with van der Waals surface area (Å²) in [5.41, 5.74) is 3.28. The number of hydrogen-bond acceptors (Lipinski definition) is 4. The summed E-state index contributed by atoms with van der Waals surface area (Å²) in [6.45, 7) is 3.98. The third kappa shape index (κ3) is 4.71. The van der Waals surface area contributed by atoms with Crippen LogP contribution in [-0.4, -0.2) is 28.6 Å². The average Bonchev–Trinajstić information content (AvgIpc) is 3.41. The number of amides is 1. The lowest BCUT2D eigenvalue weighted by Crippen LogP contribution is -2.26. The maximum atomic E-state index is 12.1. The summed E-state index contributed by atoms with van der Waals surface area (Å²) < 4.78 is 13.2. The Morgan fingerprint density at radius 2 is 1.93 bits per heavy atom. The van der Waals surface area contributed by atoms with Crippen molar-refractivity contribution in [3.05, 3.63) is 84.1 Å². The largest absolute Gasteiger partial charge is 0.494 e. The number of carbonyl (C=O) groups is 1. The van der Waals surface area contributed by atoms with Gasteiger partial charge >= 0.3 is 0 Å². The van der Waals surface area contributed by atoms with E-state index < -0.39 is 0 Å². The molecule has 30 heavy (non-hydrogen) atoms. The molecule has 0 unspecified atom stereocenters. The van der Waals surface area contributed by atoms with E-state index in [9.17, 15) is 4.79 Å². The molecular weight excluding hydrogens is 378 g/mol. The van der Waals surface area contributed by atoms with Gasteiger partial charge in [0.25, 0.3) is 5.91 Å². The lowest BCUT2D eigenvalue weighted by molar-refractivity contribution is 0.0926. The summed E-state index contributed by atoms with van der Waals surface area (Å²) >= 11 is 0. The number of nitrogens with one attached hydrogen (secondary N) is 1. The van der Waals surface area contributed by atoms with Crippen molar-refractivity contribution in [3.8, 4) is 5.75 Å². The highest BCUT2D eigenvalue weighted by Gasteiger charge is 2.12. The van der Waals surface area contributed by atoms with Crippen LogP contribution in [0.2, 0.25) is 0 Å². The van der Waals surface area contributed by atoms with Gasteiger partial charge in [-0.3, -0.25) is 4.79 Å². The molecule has 1 amide bonds. The van der Waals surface area contributed by atoms with Crippen LogP contribution in [0.3, 0.4) is 0 Å². The molecule has 0 saturated heterocycles. The predicted octanol–water partition coefficient (Wildman–Crippen LogP) is 4.38. The van der Waals surface area contributed by atoms with Gasteiger partial charge < -0.3 is 19.0 Å². The zero-order chi connectivity index (χ0) is 20.8. The van der Waals surface area contributed by atoms with Gasteiger partial charge in [-0.15, -0.1) is 0 Å². The molecule has 2 aromatic heterocycles. The number of carbonyl (C=O) groups excluding carboxylic acids is 1. The highest BCUT2D eigenvalue weighted by molar-refractivity contribution is 5.91. The van der Waals surface area contributed by atoms with Gasteiger partial charge in [-0.25, -0.2) is 4.98 Å². The van der Waals surface area contributed by atoms with Crippen LogP contribution in [0, 0.1) is 6.92 Å². The maximum absolute atomic E-state index is 12.1. The Morgan fingerprint density at radius 3 is 2.73 bits per heavy atom. The van der Waals surface area contributed by atoms with Crippen LogP contribution in [-0.2, 0) is 13.0 Å². The SMILES string of the molecule is Cc1ccc(OCCCn2c(CCNC(=O)c3ccco3)nc3ccccc32)cc1. The molecule has 6 nitrogen and oxygen atoms in total. The second-order valence-electron chi connectivity index (χ2n) is 7.17. The first-order valence-electron chi connectivity index (χ1n) is 10.2. The maximum Gasteiger partial charge on any atom is 0.286 e. The number of ether oxygens (including phenoxy) is 1. The molecule has 0 aliphatic rings. The van der Waals surface area contributed by atoms with E-state index in [0.29, 0.717) is 25.3 Å². The third-order valence-corrected chi connectivity index (χ3v) is 4.93. The van der Waals surface area contributed by atoms with Gasteiger partial charge in [0.15, 0.2) is 5.76 Å². The molecule has 2 heterocycles. The van der Waals surface area contributed by atoms with Crippen molar-refractivity contribution in [2.75, 3.05) is 13.2 Å². The molecule has 0 aliphatic heterocycles. The number of rotatable bonds is 9.